The Morgan fingerprint density at radius 3 is 2.25 bits per heavy atom. The first-order chi connectivity index (χ1) is 7.79. The summed E-state index contributed by atoms with van der Waals surface area (Å²) >= 11 is 0. The van der Waals surface area contributed by atoms with E-state index in [-0.39, 0.29) is 0 Å². The van der Waals surface area contributed by atoms with Crippen molar-refractivity contribution in [3.05, 3.63) is 35.9 Å². The molecule has 0 saturated heterocycles. The molecule has 1 atom stereocenters. The van der Waals surface area contributed by atoms with Crippen molar-refractivity contribution < 1.29 is 0 Å². The van der Waals surface area contributed by atoms with E-state index < -0.39 is 0 Å². The normalized spacial score (nSPS) is 21.6. The quantitative estimate of drug-likeness (QED) is 0.671. The molecule has 0 heterocycles. The topological polar surface area (TPSA) is 0 Å². The van der Waals surface area contributed by atoms with E-state index in [0.717, 1.165) is 5.92 Å². The molecular formula is C16H24. The molecule has 0 N–H and O–H groups in total. The van der Waals surface area contributed by atoms with Gasteiger partial charge in [0.15, 0.2) is 0 Å². The van der Waals surface area contributed by atoms with Gasteiger partial charge in [-0.25, -0.2) is 0 Å². The zero-order chi connectivity index (χ0) is 11.4. The third kappa shape index (κ3) is 2.03. The lowest BCUT2D eigenvalue weighted by Crippen LogP contribution is -2.35. The highest BCUT2D eigenvalue weighted by Gasteiger charge is 2.37. The summed E-state index contributed by atoms with van der Waals surface area (Å²) in [6, 6.07) is 11.2. The Hall–Kier alpha value is -0.780. The minimum absolute atomic E-state index is 0.480. The van der Waals surface area contributed by atoms with Gasteiger partial charge >= 0.3 is 0 Å². The predicted molar refractivity (Wildman–Crippen MR) is 70.7 cm³/mol. The molecule has 0 radical (unpaired) electrons. The van der Waals surface area contributed by atoms with E-state index in [9.17, 15) is 0 Å². The third-order valence-corrected chi connectivity index (χ3v) is 4.65. The van der Waals surface area contributed by atoms with Crippen molar-refractivity contribution in [1.29, 1.82) is 0 Å². The lowest BCUT2D eigenvalue weighted by Gasteiger charge is -2.43. The minimum atomic E-state index is 0.480. The van der Waals surface area contributed by atoms with Crippen LogP contribution in [0.15, 0.2) is 30.3 Å². The van der Waals surface area contributed by atoms with E-state index >= 15 is 0 Å². The Morgan fingerprint density at radius 2 is 1.69 bits per heavy atom. The first kappa shape index (κ1) is 11.7. The zero-order valence-electron chi connectivity index (χ0n) is 10.7. The molecule has 0 aromatic heterocycles. The van der Waals surface area contributed by atoms with Crippen molar-refractivity contribution >= 4 is 0 Å². The van der Waals surface area contributed by atoms with Gasteiger partial charge in [0.1, 0.15) is 0 Å². The fourth-order valence-electron chi connectivity index (χ4n) is 3.41. The number of benzene rings is 1. The molecule has 1 saturated carbocycles. The van der Waals surface area contributed by atoms with Crippen molar-refractivity contribution in [2.24, 2.45) is 5.92 Å². The number of hydrogen-bond donors (Lipinski definition) is 0. The van der Waals surface area contributed by atoms with Crippen molar-refractivity contribution in [1.82, 2.24) is 0 Å². The molecule has 1 aromatic carbocycles. The van der Waals surface area contributed by atoms with Gasteiger partial charge in [0, 0.05) is 0 Å². The van der Waals surface area contributed by atoms with Crippen molar-refractivity contribution in [2.75, 3.05) is 0 Å². The summed E-state index contributed by atoms with van der Waals surface area (Å²) in [7, 11) is 0. The van der Waals surface area contributed by atoms with Crippen LogP contribution in [0.4, 0.5) is 0 Å². The predicted octanol–water partition coefficient (Wildman–Crippen LogP) is 4.93. The van der Waals surface area contributed by atoms with Gasteiger partial charge in [-0.3, -0.25) is 0 Å². The van der Waals surface area contributed by atoms with Gasteiger partial charge < -0.3 is 0 Å². The molecule has 88 valence electrons. The highest BCUT2D eigenvalue weighted by Crippen LogP contribution is 2.46. The summed E-state index contributed by atoms with van der Waals surface area (Å²) in [5.74, 6) is 0.815. The van der Waals surface area contributed by atoms with Gasteiger partial charge in [0.05, 0.1) is 0 Å². The summed E-state index contributed by atoms with van der Waals surface area (Å²) in [6.45, 7) is 4.78. The van der Waals surface area contributed by atoms with Crippen molar-refractivity contribution in [2.45, 2.75) is 57.8 Å². The molecule has 0 amide bonds. The van der Waals surface area contributed by atoms with Crippen LogP contribution < -0.4 is 0 Å². The molecule has 0 aliphatic heterocycles. The summed E-state index contributed by atoms with van der Waals surface area (Å²) in [4.78, 5) is 0. The van der Waals surface area contributed by atoms with Gasteiger partial charge in [-0.05, 0) is 29.7 Å². The van der Waals surface area contributed by atoms with E-state index in [0.29, 0.717) is 5.41 Å². The molecule has 0 spiro atoms. The first-order valence-electron chi connectivity index (χ1n) is 6.85. The molecule has 0 heteroatoms. The Morgan fingerprint density at radius 1 is 1.06 bits per heavy atom. The second-order valence-electron chi connectivity index (χ2n) is 5.39. The molecule has 0 bridgehead atoms. The van der Waals surface area contributed by atoms with Gasteiger partial charge in [-0.15, -0.1) is 0 Å². The van der Waals surface area contributed by atoms with Gasteiger partial charge in [0.25, 0.3) is 0 Å². The smallest absolute Gasteiger partial charge is 0.00215 e. The van der Waals surface area contributed by atoms with Crippen LogP contribution in [0.2, 0.25) is 0 Å². The highest BCUT2D eigenvalue weighted by molar-refractivity contribution is 5.27. The molecule has 0 nitrogen and oxygen atoms in total. The van der Waals surface area contributed by atoms with E-state index in [2.05, 4.69) is 44.2 Å². The largest absolute Gasteiger partial charge is 0.0651 e. The fraction of sp³-hybridized carbons (Fsp3) is 0.625. The summed E-state index contributed by atoms with van der Waals surface area (Å²) in [5.41, 5.74) is 2.07. The average Bonchev–Trinajstić information content (AvgIpc) is 2.39. The van der Waals surface area contributed by atoms with Crippen LogP contribution in [0, 0.1) is 5.92 Å². The minimum Gasteiger partial charge on any atom is -0.0651 e. The lowest BCUT2D eigenvalue weighted by molar-refractivity contribution is 0.198. The standard InChI is InChI=1S/C16H24/c1-3-14(2)16(12-8-5-9-13-16)15-10-6-4-7-11-15/h4,6-7,10-11,14H,3,5,8-9,12-13H2,1-2H3. The van der Waals surface area contributed by atoms with Crippen LogP contribution >= 0.6 is 0 Å². The number of hydrogen-bond acceptors (Lipinski definition) is 0. The maximum atomic E-state index is 2.44. The van der Waals surface area contributed by atoms with Crippen LogP contribution in [-0.2, 0) is 5.41 Å². The summed E-state index contributed by atoms with van der Waals surface area (Å²) in [5, 5.41) is 0. The Labute approximate surface area is 100 Å². The summed E-state index contributed by atoms with van der Waals surface area (Å²) < 4.78 is 0. The number of rotatable bonds is 3. The van der Waals surface area contributed by atoms with Crippen LogP contribution in [-0.4, -0.2) is 0 Å². The third-order valence-electron chi connectivity index (χ3n) is 4.65. The molecule has 1 aromatic rings. The average molecular weight is 216 g/mol. The van der Waals surface area contributed by atoms with Crippen LogP contribution in [0.3, 0.4) is 0 Å². The van der Waals surface area contributed by atoms with E-state index in [1.54, 1.807) is 5.56 Å². The second kappa shape index (κ2) is 5.03. The maximum Gasteiger partial charge on any atom is -0.00215 e. The van der Waals surface area contributed by atoms with Crippen molar-refractivity contribution in [3.63, 3.8) is 0 Å². The van der Waals surface area contributed by atoms with Crippen LogP contribution in [0.25, 0.3) is 0 Å². The van der Waals surface area contributed by atoms with Gasteiger partial charge in [-0.1, -0.05) is 69.9 Å². The Balaban J connectivity index is 2.34. The lowest BCUT2D eigenvalue weighted by atomic mass is 9.62. The molecular weight excluding hydrogens is 192 g/mol. The van der Waals surface area contributed by atoms with Crippen molar-refractivity contribution in [3.8, 4) is 0 Å². The van der Waals surface area contributed by atoms with Crippen LogP contribution in [0.1, 0.15) is 57.9 Å². The van der Waals surface area contributed by atoms with Gasteiger partial charge in [-0.2, -0.15) is 0 Å². The van der Waals surface area contributed by atoms with Gasteiger partial charge in [0.2, 0.25) is 0 Å². The molecule has 1 fully saturated rings. The molecule has 1 aliphatic carbocycles. The van der Waals surface area contributed by atoms with E-state index in [1.165, 1.54) is 38.5 Å². The van der Waals surface area contributed by atoms with Crippen LogP contribution in [0.5, 0.6) is 0 Å². The second-order valence-corrected chi connectivity index (χ2v) is 5.39. The molecule has 1 unspecified atom stereocenters. The highest BCUT2D eigenvalue weighted by atomic mass is 14.4. The first-order valence-corrected chi connectivity index (χ1v) is 6.85. The Bertz CT molecular complexity index is 306. The summed E-state index contributed by atoms with van der Waals surface area (Å²) in [6.07, 6.45) is 8.36. The zero-order valence-corrected chi connectivity index (χ0v) is 10.7. The SMILES string of the molecule is CCC(C)C1(c2ccccc2)CCCCC1. The fourth-order valence-corrected chi connectivity index (χ4v) is 3.41. The molecule has 1 aliphatic rings. The molecule has 16 heavy (non-hydrogen) atoms. The Kier molecular flexibility index (Phi) is 3.68. The van der Waals surface area contributed by atoms with E-state index in [1.807, 2.05) is 0 Å². The molecule has 2 rings (SSSR count). The maximum absolute atomic E-state index is 2.44. The van der Waals surface area contributed by atoms with E-state index in [4.69, 9.17) is 0 Å². The monoisotopic (exact) mass is 216 g/mol.